The van der Waals surface area contributed by atoms with Crippen LogP contribution in [0.25, 0.3) is 11.3 Å². The highest BCUT2D eigenvalue weighted by atomic mass is 16.5. The molecular weight excluding hydrogens is 230 g/mol. The average Bonchev–Trinajstić information content (AvgIpc) is 2.63. The maximum absolute atomic E-state index is 5.90. The molecule has 0 unspecified atom stereocenters. The van der Waals surface area contributed by atoms with Gasteiger partial charge in [0.05, 0.1) is 24.5 Å². The highest BCUT2D eigenvalue weighted by molar-refractivity contribution is 5.75. The van der Waals surface area contributed by atoms with Crippen molar-refractivity contribution in [1.29, 1.82) is 0 Å². The Morgan fingerprint density at radius 2 is 2.06 bits per heavy atom. The normalized spacial score (nSPS) is 14.3. The number of aryl methyl sites for hydroxylation is 1. The summed E-state index contributed by atoms with van der Waals surface area (Å²) in [7, 11) is 0. The van der Waals surface area contributed by atoms with Gasteiger partial charge >= 0.3 is 0 Å². The third-order valence-electron chi connectivity index (χ3n) is 2.85. The van der Waals surface area contributed by atoms with Gasteiger partial charge in [-0.1, -0.05) is 0 Å². The summed E-state index contributed by atoms with van der Waals surface area (Å²) in [5, 5.41) is 7.17. The molecule has 0 bridgehead atoms. The summed E-state index contributed by atoms with van der Waals surface area (Å²) >= 11 is 0. The van der Waals surface area contributed by atoms with Gasteiger partial charge in [0.2, 0.25) is 0 Å². The van der Waals surface area contributed by atoms with E-state index in [0.717, 1.165) is 29.1 Å². The van der Waals surface area contributed by atoms with E-state index in [4.69, 9.17) is 15.2 Å². The Labute approximate surface area is 105 Å². The second-order valence-corrected chi connectivity index (χ2v) is 4.38. The molecule has 18 heavy (non-hydrogen) atoms. The first-order chi connectivity index (χ1) is 8.74. The smallest absolute Gasteiger partial charge is 0.170 e. The van der Waals surface area contributed by atoms with Crippen LogP contribution < -0.4 is 15.2 Å². The number of nitrogens with one attached hydrogen (secondary N) is 1. The second kappa shape index (κ2) is 4.25. The molecular formula is C13H15N3O2. The molecule has 1 aliphatic rings. The lowest BCUT2D eigenvalue weighted by Gasteiger charge is -2.12. The highest BCUT2D eigenvalue weighted by Gasteiger charge is 2.18. The first kappa shape index (κ1) is 11.0. The molecule has 1 aromatic heterocycles. The molecule has 0 atom stereocenters. The van der Waals surface area contributed by atoms with Gasteiger partial charge in [-0.05, 0) is 19.1 Å². The summed E-state index contributed by atoms with van der Waals surface area (Å²) in [4.78, 5) is 0. The van der Waals surface area contributed by atoms with E-state index in [2.05, 4.69) is 10.2 Å². The Kier molecular flexibility index (Phi) is 2.59. The van der Waals surface area contributed by atoms with Crippen LogP contribution in [-0.2, 0) is 0 Å². The Morgan fingerprint density at radius 1 is 1.22 bits per heavy atom. The Hall–Kier alpha value is -2.17. The fourth-order valence-corrected chi connectivity index (χ4v) is 2.04. The Bertz CT molecular complexity index is 578. The third kappa shape index (κ3) is 1.88. The number of fused-ring (bicyclic) bond motifs is 1. The molecule has 5 heteroatoms. The maximum atomic E-state index is 5.90. The summed E-state index contributed by atoms with van der Waals surface area (Å²) in [6.45, 7) is 3.25. The quantitative estimate of drug-likeness (QED) is 0.755. The van der Waals surface area contributed by atoms with Crippen molar-refractivity contribution < 1.29 is 9.47 Å². The van der Waals surface area contributed by atoms with Crippen molar-refractivity contribution in [3.05, 3.63) is 23.9 Å². The van der Waals surface area contributed by atoms with Crippen LogP contribution in [0.3, 0.4) is 0 Å². The molecule has 0 amide bonds. The van der Waals surface area contributed by atoms with E-state index in [-0.39, 0.29) is 0 Å². The van der Waals surface area contributed by atoms with E-state index in [1.807, 2.05) is 19.1 Å². The third-order valence-corrected chi connectivity index (χ3v) is 2.85. The fourth-order valence-electron chi connectivity index (χ4n) is 2.04. The minimum absolute atomic E-state index is 0.646. The number of hydrogen-bond donors (Lipinski definition) is 2. The lowest BCUT2D eigenvalue weighted by molar-refractivity contribution is 0.297. The molecule has 5 nitrogen and oxygen atoms in total. The van der Waals surface area contributed by atoms with Crippen LogP contribution in [0.4, 0.5) is 5.69 Å². The van der Waals surface area contributed by atoms with Crippen molar-refractivity contribution in [3.8, 4) is 22.8 Å². The first-order valence-corrected chi connectivity index (χ1v) is 5.95. The number of aromatic amines is 1. The van der Waals surface area contributed by atoms with Crippen LogP contribution in [0, 0.1) is 6.92 Å². The van der Waals surface area contributed by atoms with Crippen molar-refractivity contribution in [2.75, 3.05) is 18.9 Å². The standard InChI is InChI=1S/C13H15N3O2/c1-8-5-11(16-15-8)10-6-9(14)7-12-13(10)18-4-2-3-17-12/h5-7H,2-4,14H2,1H3,(H,15,16). The SMILES string of the molecule is Cc1cc(-c2cc(N)cc3c2OCCCO3)n[nH]1. The van der Waals surface area contributed by atoms with Crippen LogP contribution in [0.15, 0.2) is 18.2 Å². The van der Waals surface area contributed by atoms with Gasteiger partial charge in [0.1, 0.15) is 0 Å². The molecule has 1 aliphatic heterocycles. The maximum Gasteiger partial charge on any atom is 0.170 e. The largest absolute Gasteiger partial charge is 0.489 e. The van der Waals surface area contributed by atoms with E-state index in [9.17, 15) is 0 Å². The lowest BCUT2D eigenvalue weighted by Crippen LogP contribution is -1.98. The molecule has 0 spiro atoms. The van der Waals surface area contributed by atoms with Crippen molar-refractivity contribution in [2.45, 2.75) is 13.3 Å². The molecule has 94 valence electrons. The van der Waals surface area contributed by atoms with Crippen LogP contribution in [0.5, 0.6) is 11.5 Å². The first-order valence-electron chi connectivity index (χ1n) is 5.95. The zero-order valence-corrected chi connectivity index (χ0v) is 10.2. The molecule has 0 aliphatic carbocycles. The zero-order valence-electron chi connectivity index (χ0n) is 10.2. The van der Waals surface area contributed by atoms with Crippen LogP contribution >= 0.6 is 0 Å². The number of H-pyrrole nitrogens is 1. The molecule has 3 N–H and O–H groups in total. The lowest BCUT2D eigenvalue weighted by atomic mass is 10.1. The number of nitrogens with two attached hydrogens (primary N) is 1. The van der Waals surface area contributed by atoms with Crippen molar-refractivity contribution in [1.82, 2.24) is 10.2 Å². The number of rotatable bonds is 1. The number of benzene rings is 1. The van der Waals surface area contributed by atoms with Gasteiger partial charge in [-0.2, -0.15) is 5.10 Å². The zero-order chi connectivity index (χ0) is 12.5. The highest BCUT2D eigenvalue weighted by Crippen LogP contribution is 2.40. The van der Waals surface area contributed by atoms with Crippen molar-refractivity contribution in [3.63, 3.8) is 0 Å². The minimum Gasteiger partial charge on any atom is -0.489 e. The number of aromatic nitrogens is 2. The molecule has 2 aromatic rings. The molecule has 1 aromatic carbocycles. The van der Waals surface area contributed by atoms with Crippen molar-refractivity contribution >= 4 is 5.69 Å². The topological polar surface area (TPSA) is 73.2 Å². The summed E-state index contributed by atoms with van der Waals surface area (Å²) in [6, 6.07) is 5.62. The predicted octanol–water partition coefficient (Wildman–Crippen LogP) is 2.13. The molecule has 0 radical (unpaired) electrons. The van der Waals surface area contributed by atoms with Gasteiger partial charge in [0.25, 0.3) is 0 Å². The summed E-state index contributed by atoms with van der Waals surface area (Å²) in [5.41, 5.74) is 9.24. The number of anilines is 1. The molecule has 0 saturated heterocycles. The fraction of sp³-hybridized carbons (Fsp3) is 0.308. The van der Waals surface area contributed by atoms with Crippen LogP contribution in [0.2, 0.25) is 0 Å². The Morgan fingerprint density at radius 3 is 2.83 bits per heavy atom. The minimum atomic E-state index is 0.646. The van der Waals surface area contributed by atoms with E-state index in [0.29, 0.717) is 24.7 Å². The summed E-state index contributed by atoms with van der Waals surface area (Å²) in [5.74, 6) is 1.43. The summed E-state index contributed by atoms with van der Waals surface area (Å²) in [6.07, 6.45) is 0.869. The van der Waals surface area contributed by atoms with Gasteiger partial charge in [-0.3, -0.25) is 5.10 Å². The number of nitrogen functional groups attached to an aromatic ring is 1. The van der Waals surface area contributed by atoms with E-state index >= 15 is 0 Å². The van der Waals surface area contributed by atoms with Gasteiger partial charge in [-0.25, -0.2) is 0 Å². The van der Waals surface area contributed by atoms with Crippen LogP contribution in [0.1, 0.15) is 12.1 Å². The summed E-state index contributed by atoms with van der Waals surface area (Å²) < 4.78 is 11.4. The van der Waals surface area contributed by atoms with Gasteiger partial charge in [0, 0.05) is 23.9 Å². The second-order valence-electron chi connectivity index (χ2n) is 4.38. The van der Waals surface area contributed by atoms with Gasteiger partial charge in [-0.15, -0.1) is 0 Å². The number of nitrogens with zero attached hydrogens (tertiary/aromatic N) is 1. The van der Waals surface area contributed by atoms with Gasteiger partial charge in [0.15, 0.2) is 11.5 Å². The molecule has 2 heterocycles. The number of hydrogen-bond acceptors (Lipinski definition) is 4. The average molecular weight is 245 g/mol. The Balaban J connectivity index is 2.16. The molecule has 0 saturated carbocycles. The number of ether oxygens (including phenoxy) is 2. The molecule has 0 fully saturated rings. The van der Waals surface area contributed by atoms with Crippen LogP contribution in [-0.4, -0.2) is 23.4 Å². The monoisotopic (exact) mass is 245 g/mol. The van der Waals surface area contributed by atoms with E-state index in [1.54, 1.807) is 6.07 Å². The van der Waals surface area contributed by atoms with E-state index < -0.39 is 0 Å². The van der Waals surface area contributed by atoms with Gasteiger partial charge < -0.3 is 15.2 Å². The van der Waals surface area contributed by atoms with E-state index in [1.165, 1.54) is 0 Å². The molecule has 3 rings (SSSR count). The predicted molar refractivity (Wildman–Crippen MR) is 68.8 cm³/mol. The van der Waals surface area contributed by atoms with Crippen molar-refractivity contribution in [2.24, 2.45) is 0 Å².